The molecular formula is C23H22BrN3O2Si. The van der Waals surface area contributed by atoms with Gasteiger partial charge >= 0.3 is 0 Å². The van der Waals surface area contributed by atoms with Crippen LogP contribution in [0.3, 0.4) is 0 Å². The van der Waals surface area contributed by atoms with Crippen LogP contribution >= 0.6 is 15.9 Å². The highest BCUT2D eigenvalue weighted by Crippen LogP contribution is 2.38. The number of aromatic nitrogens is 3. The van der Waals surface area contributed by atoms with Gasteiger partial charge in [-0.15, -0.1) is 0 Å². The molecule has 0 aliphatic rings. The Kier molecular flexibility index (Phi) is 3.90. The van der Waals surface area contributed by atoms with Crippen LogP contribution in [0.1, 0.15) is 20.8 Å². The van der Waals surface area contributed by atoms with Gasteiger partial charge in [0.25, 0.3) is 11.1 Å². The molecule has 0 saturated heterocycles. The highest BCUT2D eigenvalue weighted by molar-refractivity contribution is 9.10. The number of aromatic amines is 1. The minimum atomic E-state index is -2.44. The van der Waals surface area contributed by atoms with Gasteiger partial charge in [-0.05, 0) is 39.2 Å². The van der Waals surface area contributed by atoms with Crippen LogP contribution in [0.25, 0.3) is 43.5 Å². The summed E-state index contributed by atoms with van der Waals surface area (Å²) in [5, 5.41) is 3.54. The van der Waals surface area contributed by atoms with Gasteiger partial charge in [-0.25, -0.2) is 4.98 Å². The Morgan fingerprint density at radius 2 is 1.60 bits per heavy atom. The maximum absolute atomic E-state index is 13.8. The monoisotopic (exact) mass is 479 g/mol. The van der Waals surface area contributed by atoms with Gasteiger partial charge < -0.3 is 9.22 Å². The number of H-pyrrole nitrogens is 1. The van der Waals surface area contributed by atoms with Crippen molar-refractivity contribution in [3.63, 3.8) is 0 Å². The number of halogens is 1. The van der Waals surface area contributed by atoms with Crippen molar-refractivity contribution in [2.45, 2.75) is 38.9 Å². The van der Waals surface area contributed by atoms with E-state index < -0.39 is 8.24 Å². The van der Waals surface area contributed by atoms with Gasteiger partial charge in [0.1, 0.15) is 0 Å². The summed E-state index contributed by atoms with van der Waals surface area (Å²) < 4.78 is 2.26. The maximum Gasteiger partial charge on any atom is 0.253 e. The number of fused-ring (bicyclic) bond motifs is 4. The normalized spacial score (nSPS) is 13.3. The van der Waals surface area contributed by atoms with E-state index in [1.165, 1.54) is 0 Å². The van der Waals surface area contributed by atoms with Crippen molar-refractivity contribution in [1.82, 2.24) is 14.2 Å². The second-order valence-corrected chi connectivity index (χ2v) is 15.4. The van der Waals surface area contributed by atoms with E-state index in [0.717, 1.165) is 27.3 Å². The summed E-state index contributed by atoms with van der Waals surface area (Å²) in [6, 6.07) is 11.6. The van der Waals surface area contributed by atoms with Crippen molar-refractivity contribution >= 4 is 67.6 Å². The number of rotatable bonds is 1. The van der Waals surface area contributed by atoms with E-state index >= 15 is 0 Å². The van der Waals surface area contributed by atoms with E-state index in [1.54, 1.807) is 10.3 Å². The molecule has 0 fully saturated rings. The number of pyridine rings is 2. The van der Waals surface area contributed by atoms with Gasteiger partial charge in [0.2, 0.25) is 0 Å². The Hall–Kier alpha value is -2.51. The van der Waals surface area contributed by atoms with E-state index in [0.29, 0.717) is 20.8 Å². The Bertz CT molecular complexity index is 1610. The van der Waals surface area contributed by atoms with Crippen molar-refractivity contribution in [2.75, 3.05) is 0 Å². The number of hydrogen-bond donors (Lipinski definition) is 1. The second-order valence-electron chi connectivity index (χ2n) is 9.48. The Morgan fingerprint density at radius 3 is 2.27 bits per heavy atom. The smallest absolute Gasteiger partial charge is 0.253 e. The molecule has 5 nitrogen and oxygen atoms in total. The third-order valence-electron chi connectivity index (χ3n) is 6.77. The fourth-order valence-corrected chi connectivity index (χ4v) is 6.54. The number of benzene rings is 2. The van der Waals surface area contributed by atoms with Crippen LogP contribution in [0.4, 0.5) is 0 Å². The molecule has 1 N–H and O–H groups in total. The zero-order valence-corrected chi connectivity index (χ0v) is 20.1. The lowest BCUT2D eigenvalue weighted by atomic mass is 10.0. The van der Waals surface area contributed by atoms with Crippen LogP contribution in [0.2, 0.25) is 18.1 Å². The zero-order chi connectivity index (χ0) is 21.6. The van der Waals surface area contributed by atoms with Crippen LogP contribution in [0.5, 0.6) is 0 Å². The van der Waals surface area contributed by atoms with Crippen molar-refractivity contribution in [3.05, 3.63) is 61.7 Å². The first kappa shape index (κ1) is 19.5. The average Bonchev–Trinajstić information content (AvgIpc) is 3.03. The first-order valence-electron chi connectivity index (χ1n) is 9.95. The predicted molar refractivity (Wildman–Crippen MR) is 131 cm³/mol. The van der Waals surface area contributed by atoms with Gasteiger partial charge in [0, 0.05) is 16.2 Å². The van der Waals surface area contributed by atoms with Crippen molar-refractivity contribution < 1.29 is 0 Å². The Balaban J connectivity index is 2.11. The molecule has 0 amide bonds. The van der Waals surface area contributed by atoms with E-state index in [-0.39, 0.29) is 16.2 Å². The molecule has 30 heavy (non-hydrogen) atoms. The van der Waals surface area contributed by atoms with Crippen LogP contribution in [0, 0.1) is 0 Å². The third kappa shape index (κ3) is 2.42. The van der Waals surface area contributed by atoms with Gasteiger partial charge in [-0.3, -0.25) is 9.59 Å². The largest absolute Gasteiger partial charge is 0.347 e. The molecule has 0 bridgehead atoms. The minimum Gasteiger partial charge on any atom is -0.347 e. The van der Waals surface area contributed by atoms with Crippen LogP contribution < -0.4 is 11.1 Å². The molecule has 0 aliphatic carbocycles. The molecule has 0 aliphatic heterocycles. The highest BCUT2D eigenvalue weighted by atomic mass is 79.9. The number of nitrogens with one attached hydrogen (secondary N) is 1. The van der Waals surface area contributed by atoms with Gasteiger partial charge in [-0.2, -0.15) is 0 Å². The van der Waals surface area contributed by atoms with Crippen LogP contribution in [-0.2, 0) is 0 Å². The average molecular weight is 480 g/mol. The summed E-state index contributed by atoms with van der Waals surface area (Å²) in [5.41, 5.74) is 1.96. The summed E-state index contributed by atoms with van der Waals surface area (Å²) in [5.74, 6) is 0. The number of hydrogen-bond acceptors (Lipinski definition) is 3. The molecule has 0 saturated carbocycles. The molecular weight excluding hydrogens is 458 g/mol. The Labute approximate surface area is 182 Å². The topological polar surface area (TPSA) is 67.8 Å². The first-order chi connectivity index (χ1) is 14.0. The lowest BCUT2D eigenvalue weighted by Gasteiger charge is -2.37. The molecule has 3 heterocycles. The minimum absolute atomic E-state index is 0.161. The predicted octanol–water partition coefficient (Wildman–Crippen LogP) is 5.60. The summed E-state index contributed by atoms with van der Waals surface area (Å²) in [6.07, 6.45) is 0. The second kappa shape index (κ2) is 6.01. The Morgan fingerprint density at radius 1 is 0.967 bits per heavy atom. The van der Waals surface area contributed by atoms with Gasteiger partial charge in [0.05, 0.1) is 31.9 Å². The molecule has 0 atom stereocenters. The lowest BCUT2D eigenvalue weighted by molar-refractivity contribution is 0.692. The molecule has 0 spiro atoms. The SMILES string of the molecule is CC(C)(C)[Si](C)(C)n1c(=O)c2cc(Br)[nH]c3c4nc5ccccc5c4cc(c1=O)c23. The van der Waals surface area contributed by atoms with E-state index in [2.05, 4.69) is 54.8 Å². The summed E-state index contributed by atoms with van der Waals surface area (Å²) in [6.45, 7) is 10.5. The molecule has 0 unspecified atom stereocenters. The van der Waals surface area contributed by atoms with Gasteiger partial charge in [-0.1, -0.05) is 52.1 Å². The molecule has 7 heteroatoms. The summed E-state index contributed by atoms with van der Waals surface area (Å²) in [7, 11) is -2.44. The third-order valence-corrected chi connectivity index (χ3v) is 12.4. The molecule has 5 aromatic rings. The van der Waals surface area contributed by atoms with Crippen LogP contribution in [-0.4, -0.2) is 22.4 Å². The van der Waals surface area contributed by atoms with Gasteiger partial charge in [0.15, 0.2) is 8.24 Å². The van der Waals surface area contributed by atoms with E-state index in [4.69, 9.17) is 4.98 Å². The molecule has 152 valence electrons. The van der Waals surface area contributed by atoms with Crippen molar-refractivity contribution in [2.24, 2.45) is 0 Å². The van der Waals surface area contributed by atoms with E-state index in [9.17, 15) is 9.59 Å². The van der Waals surface area contributed by atoms with Crippen molar-refractivity contribution in [3.8, 4) is 0 Å². The fourth-order valence-electron chi connectivity index (χ4n) is 4.18. The quantitative estimate of drug-likeness (QED) is 0.251. The maximum atomic E-state index is 13.8. The standard InChI is InChI=1S/C23H22BrN3O2Si/c1-23(2,3)30(4,5)27-21(28)14-10-13-12-8-6-7-9-16(12)25-19(13)20-18(14)15(22(27)29)11-17(24)26-20/h6-11,26H,1-5H3. The molecule has 2 aromatic carbocycles. The fraction of sp³-hybridized carbons (Fsp3) is 0.261. The number of para-hydroxylation sites is 1. The molecule has 5 rings (SSSR count). The number of nitrogens with zero attached hydrogens (tertiary/aromatic N) is 2. The summed E-state index contributed by atoms with van der Waals surface area (Å²) in [4.78, 5) is 35.6. The van der Waals surface area contributed by atoms with E-state index in [1.807, 2.05) is 30.3 Å². The summed E-state index contributed by atoms with van der Waals surface area (Å²) >= 11 is 3.53. The molecule has 0 radical (unpaired) electrons. The van der Waals surface area contributed by atoms with Crippen LogP contribution in [0.15, 0.2) is 50.6 Å². The van der Waals surface area contributed by atoms with Crippen molar-refractivity contribution in [1.29, 1.82) is 0 Å². The highest BCUT2D eigenvalue weighted by Gasteiger charge is 2.40. The zero-order valence-electron chi connectivity index (χ0n) is 17.6. The lowest BCUT2D eigenvalue weighted by Crippen LogP contribution is -2.56. The molecule has 3 aromatic heterocycles. The first-order valence-corrected chi connectivity index (χ1v) is 13.7.